The molecule has 2 aromatic carbocycles. The SMILES string of the molecule is CO[C@@H](C)c1ncccc1-c1c2c3cc(ccc3n1C)-c1cc(O)cc(c1)C[C@H](NC(=O)[C@H](C(C)C)N(C)C(=O)[C@H]1CCN(C(=O)C#CC(C)(C)N(C)C)C1)C(=O)N1CCC[C@H](N1)C(=O)OCC(C)(C)C2. The van der Waals surface area contributed by atoms with Gasteiger partial charge in [-0.3, -0.25) is 38.9 Å². The van der Waals surface area contributed by atoms with Crippen molar-refractivity contribution >= 4 is 40.5 Å². The highest BCUT2D eigenvalue weighted by atomic mass is 16.5. The number of carbonyl (C=O) groups excluding carboxylic acids is 5. The zero-order chi connectivity index (χ0) is 51.7. The molecular weight excluding hydrogens is 901 g/mol. The van der Waals surface area contributed by atoms with E-state index < -0.39 is 52.8 Å². The first kappa shape index (κ1) is 52.5. The number of aromatic hydroxyl groups is 1. The summed E-state index contributed by atoms with van der Waals surface area (Å²) in [6.45, 7) is 14.5. The normalized spacial score (nSPS) is 20.5. The molecule has 2 aromatic heterocycles. The number of ether oxygens (including phenoxy) is 2. The van der Waals surface area contributed by atoms with Gasteiger partial charge in [0, 0.05) is 75.3 Å². The summed E-state index contributed by atoms with van der Waals surface area (Å²) in [6, 6.07) is 12.3. The molecule has 6 bridgehead atoms. The van der Waals surface area contributed by atoms with Gasteiger partial charge in [0.05, 0.1) is 35.6 Å². The summed E-state index contributed by atoms with van der Waals surface area (Å²) < 4.78 is 14.1. The molecule has 7 rings (SSSR count). The molecule has 2 saturated heterocycles. The van der Waals surface area contributed by atoms with Crippen LogP contribution in [0.4, 0.5) is 0 Å². The van der Waals surface area contributed by atoms with Crippen LogP contribution in [0.15, 0.2) is 54.7 Å². The van der Waals surface area contributed by atoms with E-state index in [1.165, 1.54) is 9.91 Å². The number of esters is 1. The fourth-order valence-corrected chi connectivity index (χ4v) is 10.0. The number of cyclic esters (lactones) is 1. The van der Waals surface area contributed by atoms with Crippen LogP contribution >= 0.6 is 0 Å². The lowest BCUT2D eigenvalue weighted by Gasteiger charge is -2.37. The first-order valence-electron chi connectivity index (χ1n) is 24.7. The average molecular weight is 973 g/mol. The van der Waals surface area contributed by atoms with Crippen LogP contribution in [0.1, 0.15) is 90.7 Å². The lowest BCUT2D eigenvalue weighted by atomic mass is 9.84. The van der Waals surface area contributed by atoms with E-state index in [1.807, 2.05) is 78.9 Å². The molecule has 3 aliphatic heterocycles. The number of benzene rings is 2. The fourth-order valence-electron chi connectivity index (χ4n) is 10.0. The second-order valence-corrected chi connectivity index (χ2v) is 21.4. The molecule has 0 radical (unpaired) electrons. The van der Waals surface area contributed by atoms with Gasteiger partial charge >= 0.3 is 5.97 Å². The van der Waals surface area contributed by atoms with E-state index in [9.17, 15) is 29.1 Å². The number of aromatic nitrogens is 2. The highest BCUT2D eigenvalue weighted by Crippen LogP contribution is 2.42. The zero-order valence-corrected chi connectivity index (χ0v) is 43.5. The van der Waals surface area contributed by atoms with Gasteiger partial charge in [-0.15, -0.1) is 0 Å². The van der Waals surface area contributed by atoms with Crippen LogP contribution in [-0.4, -0.2) is 142 Å². The number of likely N-dealkylation sites (tertiary alicyclic amines) is 1. The third-order valence-electron chi connectivity index (χ3n) is 14.6. The number of pyridine rings is 1. The number of phenols is 1. The van der Waals surface area contributed by atoms with Crippen molar-refractivity contribution < 1.29 is 38.6 Å². The molecule has 3 aliphatic rings. The van der Waals surface area contributed by atoms with Gasteiger partial charge in [-0.05, 0) is 131 Å². The van der Waals surface area contributed by atoms with Gasteiger partial charge in [-0.2, -0.15) is 0 Å². The minimum Gasteiger partial charge on any atom is -0.508 e. The maximum absolute atomic E-state index is 14.8. The number of phenolic OH excluding ortho intramolecular Hbond substituents is 1. The summed E-state index contributed by atoms with van der Waals surface area (Å²) in [5.41, 5.74) is 8.85. The van der Waals surface area contributed by atoms with Crippen molar-refractivity contribution in [3.63, 3.8) is 0 Å². The van der Waals surface area contributed by atoms with Crippen molar-refractivity contribution in [2.45, 2.75) is 110 Å². The minimum atomic E-state index is -1.18. The topological polar surface area (TPSA) is 179 Å². The molecule has 71 heavy (non-hydrogen) atoms. The fraction of sp³-hybridized carbons (Fsp3) is 0.527. The summed E-state index contributed by atoms with van der Waals surface area (Å²) in [6.07, 6.45) is 3.33. The number of nitrogens with zero attached hydrogens (tertiary/aromatic N) is 6. The molecule has 5 heterocycles. The van der Waals surface area contributed by atoms with Gasteiger partial charge in [0.25, 0.3) is 11.8 Å². The Morgan fingerprint density at radius 2 is 1.77 bits per heavy atom. The number of methoxy groups -OCH3 is 1. The molecule has 0 saturated carbocycles. The molecule has 0 unspecified atom stereocenters. The molecule has 380 valence electrons. The number of hydrogen-bond acceptors (Lipinski definition) is 11. The first-order valence-corrected chi connectivity index (χ1v) is 24.7. The maximum Gasteiger partial charge on any atom is 0.324 e. The molecule has 16 nitrogen and oxygen atoms in total. The van der Waals surface area contributed by atoms with Crippen LogP contribution in [-0.2, 0) is 53.3 Å². The maximum atomic E-state index is 14.8. The van der Waals surface area contributed by atoms with Crippen LogP contribution < -0.4 is 10.7 Å². The smallest absolute Gasteiger partial charge is 0.324 e. The Balaban J connectivity index is 1.24. The van der Waals surface area contributed by atoms with Crippen molar-refractivity contribution in [1.29, 1.82) is 0 Å². The number of likely N-dealkylation sites (N-methyl/N-ethyl adjacent to an activating group) is 1. The Hall–Kier alpha value is -6.28. The predicted molar refractivity (Wildman–Crippen MR) is 272 cm³/mol. The molecule has 5 atom stereocenters. The summed E-state index contributed by atoms with van der Waals surface area (Å²) in [7, 11) is 9.06. The van der Waals surface area contributed by atoms with Gasteiger partial charge in [0.2, 0.25) is 11.8 Å². The number of hydrogen-bond donors (Lipinski definition) is 3. The molecule has 0 spiro atoms. The first-order chi connectivity index (χ1) is 33.5. The quantitative estimate of drug-likeness (QED) is 0.140. The molecule has 4 amide bonds. The number of aryl methyl sites for hydroxylation is 1. The molecule has 2 fully saturated rings. The van der Waals surface area contributed by atoms with Crippen molar-refractivity contribution in [2.75, 3.05) is 54.5 Å². The third-order valence-corrected chi connectivity index (χ3v) is 14.6. The Labute approximate surface area is 418 Å². The largest absolute Gasteiger partial charge is 0.508 e. The van der Waals surface area contributed by atoms with Crippen molar-refractivity contribution in [2.24, 2.45) is 24.3 Å². The molecular formula is C55H72N8O8. The van der Waals surface area contributed by atoms with Crippen LogP contribution in [0.5, 0.6) is 5.75 Å². The molecule has 4 aromatic rings. The van der Waals surface area contributed by atoms with Crippen LogP contribution in [0, 0.1) is 29.1 Å². The van der Waals surface area contributed by atoms with Gasteiger partial charge in [0.15, 0.2) is 0 Å². The van der Waals surface area contributed by atoms with E-state index >= 15 is 0 Å². The minimum absolute atomic E-state index is 0.0195. The zero-order valence-electron chi connectivity index (χ0n) is 43.5. The van der Waals surface area contributed by atoms with E-state index in [0.29, 0.717) is 43.4 Å². The van der Waals surface area contributed by atoms with Gasteiger partial charge in [-0.1, -0.05) is 45.7 Å². The Bertz CT molecular complexity index is 2750. The highest BCUT2D eigenvalue weighted by Gasteiger charge is 2.40. The highest BCUT2D eigenvalue weighted by molar-refractivity contribution is 5.97. The van der Waals surface area contributed by atoms with Crippen LogP contribution in [0.2, 0.25) is 0 Å². The lowest BCUT2D eigenvalue weighted by molar-refractivity contribution is -0.155. The Morgan fingerprint density at radius 3 is 2.48 bits per heavy atom. The Morgan fingerprint density at radius 1 is 1.03 bits per heavy atom. The van der Waals surface area contributed by atoms with Gasteiger partial charge < -0.3 is 34.3 Å². The number of fused-ring (bicyclic) bond motifs is 6. The van der Waals surface area contributed by atoms with Crippen molar-refractivity contribution in [3.8, 4) is 40.0 Å². The monoisotopic (exact) mass is 973 g/mol. The number of amides is 4. The van der Waals surface area contributed by atoms with Crippen LogP contribution in [0.25, 0.3) is 33.3 Å². The second-order valence-electron chi connectivity index (χ2n) is 21.4. The van der Waals surface area contributed by atoms with E-state index in [1.54, 1.807) is 37.4 Å². The summed E-state index contributed by atoms with van der Waals surface area (Å²) in [5.74, 6) is 2.69. The molecule has 16 heteroatoms. The van der Waals surface area contributed by atoms with E-state index in [0.717, 1.165) is 39.0 Å². The van der Waals surface area contributed by atoms with Crippen molar-refractivity contribution in [1.82, 2.24) is 40.0 Å². The third kappa shape index (κ3) is 11.4. The number of rotatable bonds is 9. The van der Waals surface area contributed by atoms with Gasteiger partial charge in [0.1, 0.15) is 23.9 Å². The predicted octanol–water partition coefficient (Wildman–Crippen LogP) is 5.64. The second kappa shape index (κ2) is 21.2. The number of nitrogens with one attached hydrogen (secondary N) is 2. The van der Waals surface area contributed by atoms with E-state index in [4.69, 9.17) is 14.5 Å². The average Bonchev–Trinajstić information content (AvgIpc) is 3.93. The molecule has 3 N–H and O–H groups in total. The summed E-state index contributed by atoms with van der Waals surface area (Å²) >= 11 is 0. The summed E-state index contributed by atoms with van der Waals surface area (Å²) in [4.78, 5) is 80.4. The van der Waals surface area contributed by atoms with Gasteiger partial charge in [-0.25, -0.2) is 5.43 Å². The van der Waals surface area contributed by atoms with Crippen molar-refractivity contribution in [3.05, 3.63) is 71.5 Å². The number of hydrazine groups is 1. The molecule has 0 aliphatic carbocycles. The van der Waals surface area contributed by atoms with E-state index in [-0.39, 0.29) is 55.7 Å². The van der Waals surface area contributed by atoms with E-state index in [2.05, 4.69) is 59.2 Å². The number of carbonyl (C=O) groups is 5. The lowest BCUT2D eigenvalue weighted by Crippen LogP contribution is -2.62. The summed E-state index contributed by atoms with van der Waals surface area (Å²) in [5, 5.41) is 16.7. The standard InChI is InChI=1S/C55H72N8O8/c1-33(2)48(61(11)51(67)37-20-24-62(31-37)46(65)19-21-55(6,7)59(8)9)50(66)57-44-27-35-25-38(28-39(64)26-35)36-17-18-45-41(29-36)42(49(60(45)10)40-15-13-22-56-47(40)34(3)70-12)30-54(4,5)32-71-53(69)43-16-14-23-63(58-43)52(44)68/h13,15,17-18,22,25-26,28-29,33-34,37,43-44,48,58,64H,14,16,20,23-24,27,30-32H2,1-12H3,(H,57,66)/t34-,37-,43-,44-,48-/m0/s1. The Kier molecular flexibility index (Phi) is 15.7. The van der Waals surface area contributed by atoms with Crippen LogP contribution in [0.3, 0.4) is 0 Å².